The van der Waals surface area contributed by atoms with Crippen molar-refractivity contribution in [1.29, 1.82) is 0 Å². The minimum absolute atomic E-state index is 0.0619. The van der Waals surface area contributed by atoms with Gasteiger partial charge in [-0.05, 0) is 36.2 Å². The molecule has 1 aromatic carbocycles. The van der Waals surface area contributed by atoms with E-state index >= 15 is 0 Å². The molecule has 1 heterocycles. The van der Waals surface area contributed by atoms with E-state index in [2.05, 4.69) is 10.1 Å². The Labute approximate surface area is 119 Å². The number of thiophene rings is 1. The Morgan fingerprint density at radius 2 is 1.89 bits per heavy atom. The fraction of sp³-hybridized carbons (Fsp3) is 0.231. The Kier molecular flexibility index (Phi) is 4.74. The lowest BCUT2D eigenvalue weighted by atomic mass is 10.1. The number of nitrogens with one attached hydrogen (secondary N) is 1. The van der Waals surface area contributed by atoms with Crippen LogP contribution in [-0.4, -0.2) is 13.7 Å². The van der Waals surface area contributed by atoms with Gasteiger partial charge in [0, 0.05) is 4.88 Å². The Bertz CT molecular complexity index is 530. The highest BCUT2D eigenvalue weighted by atomic mass is 35.5. The first-order valence-electron chi connectivity index (χ1n) is 5.56. The van der Waals surface area contributed by atoms with E-state index in [1.165, 1.54) is 12.1 Å². The predicted octanol–water partition coefficient (Wildman–Crippen LogP) is 4.31. The van der Waals surface area contributed by atoms with Gasteiger partial charge >= 0.3 is 6.61 Å². The molecule has 0 radical (unpaired) electrons. The van der Waals surface area contributed by atoms with E-state index in [1.54, 1.807) is 23.5 Å². The van der Waals surface area contributed by atoms with Gasteiger partial charge < -0.3 is 10.1 Å². The molecule has 0 bridgehead atoms. The van der Waals surface area contributed by atoms with Crippen LogP contribution in [0.15, 0.2) is 35.7 Å². The predicted molar refractivity (Wildman–Crippen MR) is 73.3 cm³/mol. The zero-order valence-corrected chi connectivity index (χ0v) is 11.6. The maximum atomic E-state index is 12.1. The van der Waals surface area contributed by atoms with Gasteiger partial charge in [-0.25, -0.2) is 0 Å². The first kappa shape index (κ1) is 14.2. The summed E-state index contributed by atoms with van der Waals surface area (Å²) in [5, 5.41) is 5.76. The van der Waals surface area contributed by atoms with Crippen LogP contribution in [0, 0.1) is 0 Å². The maximum Gasteiger partial charge on any atom is 0.387 e. The Balaban J connectivity index is 2.22. The third kappa shape index (κ3) is 3.43. The van der Waals surface area contributed by atoms with Gasteiger partial charge in [0.2, 0.25) is 0 Å². The lowest BCUT2D eigenvalue weighted by Gasteiger charge is -2.16. The minimum Gasteiger partial charge on any atom is -0.435 e. The second-order valence-electron chi connectivity index (χ2n) is 3.80. The van der Waals surface area contributed by atoms with Crippen LogP contribution in [0.1, 0.15) is 16.5 Å². The van der Waals surface area contributed by atoms with Crippen LogP contribution in [0.5, 0.6) is 5.75 Å². The van der Waals surface area contributed by atoms with Crippen molar-refractivity contribution >= 4 is 22.9 Å². The molecule has 1 aromatic heterocycles. The molecule has 0 saturated carbocycles. The molecule has 2 rings (SSSR count). The SMILES string of the molecule is CNC(c1ccc(OC(F)F)cc1)c1sccc1Cl. The summed E-state index contributed by atoms with van der Waals surface area (Å²) in [7, 11) is 1.82. The van der Waals surface area contributed by atoms with E-state index in [9.17, 15) is 8.78 Å². The molecular weight excluding hydrogens is 292 g/mol. The molecule has 1 N–H and O–H groups in total. The van der Waals surface area contributed by atoms with Gasteiger partial charge in [-0.3, -0.25) is 0 Å². The summed E-state index contributed by atoms with van der Waals surface area (Å²) < 4.78 is 28.5. The van der Waals surface area contributed by atoms with E-state index in [4.69, 9.17) is 11.6 Å². The fourth-order valence-corrected chi connectivity index (χ4v) is 3.10. The molecule has 0 saturated heterocycles. The van der Waals surface area contributed by atoms with Crippen molar-refractivity contribution in [3.63, 3.8) is 0 Å². The van der Waals surface area contributed by atoms with Crippen LogP contribution in [0.4, 0.5) is 8.78 Å². The highest BCUT2D eigenvalue weighted by molar-refractivity contribution is 7.10. The Hall–Kier alpha value is -1.17. The zero-order chi connectivity index (χ0) is 13.8. The monoisotopic (exact) mass is 303 g/mol. The largest absolute Gasteiger partial charge is 0.435 e. The number of alkyl halides is 2. The molecule has 1 unspecified atom stereocenters. The molecule has 2 aromatic rings. The zero-order valence-electron chi connectivity index (χ0n) is 10.1. The van der Waals surface area contributed by atoms with Crippen LogP contribution in [0.2, 0.25) is 5.02 Å². The Morgan fingerprint density at radius 1 is 1.21 bits per heavy atom. The quantitative estimate of drug-likeness (QED) is 0.888. The second kappa shape index (κ2) is 6.32. The standard InChI is InChI=1S/C13H12ClF2NOS/c1-17-11(12-10(14)6-7-19-12)8-2-4-9(5-3-8)18-13(15)16/h2-7,11,13,17H,1H3. The topological polar surface area (TPSA) is 21.3 Å². The normalized spacial score (nSPS) is 12.7. The number of hydrogen-bond donors (Lipinski definition) is 1. The van der Waals surface area contributed by atoms with Gasteiger partial charge in [-0.1, -0.05) is 23.7 Å². The number of halogens is 3. The molecule has 0 aliphatic rings. The van der Waals surface area contributed by atoms with Crippen molar-refractivity contribution in [3.8, 4) is 5.75 Å². The van der Waals surface area contributed by atoms with E-state index in [0.717, 1.165) is 10.4 Å². The van der Waals surface area contributed by atoms with Gasteiger partial charge in [0.15, 0.2) is 0 Å². The number of hydrogen-bond acceptors (Lipinski definition) is 3. The van der Waals surface area contributed by atoms with Crippen molar-refractivity contribution < 1.29 is 13.5 Å². The molecule has 0 aliphatic heterocycles. The summed E-state index contributed by atoms with van der Waals surface area (Å²) in [4.78, 5) is 0.992. The summed E-state index contributed by atoms with van der Waals surface area (Å²) >= 11 is 7.66. The molecule has 0 spiro atoms. The highest BCUT2D eigenvalue weighted by Crippen LogP contribution is 2.33. The van der Waals surface area contributed by atoms with Gasteiger partial charge in [-0.2, -0.15) is 8.78 Å². The van der Waals surface area contributed by atoms with E-state index in [1.807, 2.05) is 18.5 Å². The van der Waals surface area contributed by atoms with Gasteiger partial charge in [0.1, 0.15) is 5.75 Å². The lowest BCUT2D eigenvalue weighted by Crippen LogP contribution is -2.16. The van der Waals surface area contributed by atoms with Gasteiger partial charge in [0.05, 0.1) is 11.1 Å². The highest BCUT2D eigenvalue weighted by Gasteiger charge is 2.16. The van der Waals surface area contributed by atoms with Gasteiger partial charge in [0.25, 0.3) is 0 Å². The number of benzene rings is 1. The van der Waals surface area contributed by atoms with Gasteiger partial charge in [-0.15, -0.1) is 11.3 Å². The smallest absolute Gasteiger partial charge is 0.387 e. The molecule has 6 heteroatoms. The average Bonchev–Trinajstić information content (AvgIpc) is 2.78. The molecule has 0 aliphatic carbocycles. The molecule has 2 nitrogen and oxygen atoms in total. The maximum absolute atomic E-state index is 12.1. The average molecular weight is 304 g/mol. The summed E-state index contributed by atoms with van der Waals surface area (Å²) in [6, 6.07) is 8.30. The van der Waals surface area contributed by atoms with E-state index in [-0.39, 0.29) is 11.8 Å². The second-order valence-corrected chi connectivity index (χ2v) is 5.16. The fourth-order valence-electron chi connectivity index (χ4n) is 1.80. The van der Waals surface area contributed by atoms with Crippen molar-refractivity contribution in [2.24, 2.45) is 0 Å². The van der Waals surface area contributed by atoms with Crippen molar-refractivity contribution in [1.82, 2.24) is 5.32 Å². The van der Waals surface area contributed by atoms with Crippen LogP contribution < -0.4 is 10.1 Å². The lowest BCUT2D eigenvalue weighted by molar-refractivity contribution is -0.0498. The van der Waals surface area contributed by atoms with E-state index < -0.39 is 6.61 Å². The molecule has 0 amide bonds. The van der Waals surface area contributed by atoms with Crippen molar-refractivity contribution in [2.75, 3.05) is 7.05 Å². The van der Waals surface area contributed by atoms with Crippen molar-refractivity contribution in [2.45, 2.75) is 12.7 Å². The van der Waals surface area contributed by atoms with Crippen LogP contribution >= 0.6 is 22.9 Å². The van der Waals surface area contributed by atoms with Crippen LogP contribution in [0.3, 0.4) is 0 Å². The minimum atomic E-state index is -2.81. The first-order valence-corrected chi connectivity index (χ1v) is 6.82. The third-order valence-corrected chi connectivity index (χ3v) is 4.06. The first-order chi connectivity index (χ1) is 9.11. The molecule has 0 fully saturated rings. The Morgan fingerprint density at radius 3 is 2.37 bits per heavy atom. The van der Waals surface area contributed by atoms with Crippen molar-refractivity contribution in [3.05, 3.63) is 51.2 Å². The molecule has 102 valence electrons. The summed E-state index contributed by atoms with van der Waals surface area (Å²) in [5.74, 6) is 0.144. The summed E-state index contributed by atoms with van der Waals surface area (Å²) in [6.45, 7) is -2.81. The number of ether oxygens (including phenoxy) is 1. The molecular formula is C13H12ClF2NOS. The molecule has 1 atom stereocenters. The third-order valence-electron chi connectivity index (χ3n) is 2.63. The summed E-state index contributed by atoms with van der Waals surface area (Å²) in [6.07, 6.45) is 0. The summed E-state index contributed by atoms with van der Waals surface area (Å²) in [5.41, 5.74) is 0.938. The number of rotatable bonds is 5. The van der Waals surface area contributed by atoms with Crippen LogP contribution in [-0.2, 0) is 0 Å². The van der Waals surface area contributed by atoms with E-state index in [0.29, 0.717) is 5.02 Å². The molecule has 19 heavy (non-hydrogen) atoms. The van der Waals surface area contributed by atoms with Crippen LogP contribution in [0.25, 0.3) is 0 Å².